The molecule has 2 fully saturated rings. The first-order valence-electron chi connectivity index (χ1n) is 14.7. The number of nitrogens with zero attached hydrogens (tertiary/aromatic N) is 2. The van der Waals surface area contributed by atoms with Gasteiger partial charge in [-0.1, -0.05) is 26.5 Å². The van der Waals surface area contributed by atoms with Crippen LogP contribution in [0.4, 0.5) is 4.79 Å². The number of thiazole rings is 1. The number of carbonyl (C=O) groups excluding carboxylic acids is 3. The van der Waals surface area contributed by atoms with E-state index in [9.17, 15) is 14.4 Å². The fourth-order valence-electron chi connectivity index (χ4n) is 5.40. The summed E-state index contributed by atoms with van der Waals surface area (Å²) in [5.41, 5.74) is 2.64. The summed E-state index contributed by atoms with van der Waals surface area (Å²) in [5.74, 6) is 0.0339. The lowest BCUT2D eigenvalue weighted by atomic mass is 9.91. The molecule has 41 heavy (non-hydrogen) atoms. The number of hydrogen-bond acceptors (Lipinski definition) is 7. The topological polar surface area (TPSA) is 125 Å². The van der Waals surface area contributed by atoms with E-state index in [1.54, 1.807) is 0 Å². The van der Waals surface area contributed by atoms with Gasteiger partial charge in [0.2, 0.25) is 11.8 Å². The number of rotatable bonds is 12. The number of hydrogen-bond donors (Lipinski definition) is 4. The van der Waals surface area contributed by atoms with Gasteiger partial charge in [0, 0.05) is 51.4 Å². The van der Waals surface area contributed by atoms with Crippen LogP contribution in [0.1, 0.15) is 56.0 Å². The first-order chi connectivity index (χ1) is 19.7. The molecule has 2 aromatic rings. The van der Waals surface area contributed by atoms with Crippen LogP contribution >= 0.6 is 11.3 Å². The Morgan fingerprint density at radius 1 is 1.15 bits per heavy atom. The number of urea groups is 1. The molecule has 0 unspecified atom stereocenters. The van der Waals surface area contributed by atoms with E-state index in [0.717, 1.165) is 54.0 Å². The number of carbonyl (C=O) groups is 3. The van der Waals surface area contributed by atoms with Gasteiger partial charge in [0.05, 0.1) is 15.2 Å². The molecule has 3 heterocycles. The van der Waals surface area contributed by atoms with Crippen LogP contribution in [0, 0.1) is 5.92 Å². The third kappa shape index (κ3) is 8.73. The Bertz CT molecular complexity index is 1220. The fourth-order valence-corrected chi connectivity index (χ4v) is 6.46. The average Bonchev–Trinajstić information content (AvgIpc) is 3.63. The second-order valence-corrected chi connectivity index (χ2v) is 12.4. The summed E-state index contributed by atoms with van der Waals surface area (Å²) in [6, 6.07) is 4.64. The van der Waals surface area contributed by atoms with Crippen LogP contribution in [-0.2, 0) is 20.7 Å². The van der Waals surface area contributed by atoms with E-state index < -0.39 is 12.1 Å². The molecule has 4 amide bonds. The lowest BCUT2D eigenvalue weighted by molar-refractivity contribution is -0.125. The summed E-state index contributed by atoms with van der Waals surface area (Å²) in [7, 11) is 1.52. The predicted molar refractivity (Wildman–Crippen MR) is 162 cm³/mol. The second-order valence-electron chi connectivity index (χ2n) is 11.3. The van der Waals surface area contributed by atoms with Crippen LogP contribution in [0.15, 0.2) is 30.4 Å². The molecular weight excluding hydrogens is 540 g/mol. The van der Waals surface area contributed by atoms with E-state index >= 15 is 0 Å². The normalized spacial score (nSPS) is 17.8. The van der Waals surface area contributed by atoms with Crippen molar-refractivity contribution in [3.8, 4) is 0 Å². The Hall–Kier alpha value is -3.02. The van der Waals surface area contributed by atoms with Gasteiger partial charge in [-0.15, -0.1) is 11.3 Å². The number of amides is 4. The summed E-state index contributed by atoms with van der Waals surface area (Å²) < 4.78 is 6.60. The van der Waals surface area contributed by atoms with E-state index in [0.29, 0.717) is 31.2 Å². The van der Waals surface area contributed by atoms with Crippen molar-refractivity contribution < 1.29 is 19.1 Å². The summed E-state index contributed by atoms with van der Waals surface area (Å²) in [6.07, 6.45) is 4.11. The second kappa shape index (κ2) is 14.7. The van der Waals surface area contributed by atoms with Crippen molar-refractivity contribution in [1.82, 2.24) is 31.2 Å². The van der Waals surface area contributed by atoms with Gasteiger partial charge in [-0.3, -0.25) is 14.5 Å². The number of ether oxygens (including phenoxy) is 1. The van der Waals surface area contributed by atoms with Crippen molar-refractivity contribution in [3.63, 3.8) is 0 Å². The highest BCUT2D eigenvalue weighted by Gasteiger charge is 2.30. The third-order valence-electron chi connectivity index (χ3n) is 7.93. The van der Waals surface area contributed by atoms with E-state index in [1.807, 2.05) is 6.07 Å². The van der Waals surface area contributed by atoms with E-state index in [-0.39, 0.29) is 36.7 Å². The summed E-state index contributed by atoms with van der Waals surface area (Å²) in [5, 5.41) is 12.3. The third-order valence-corrected chi connectivity index (χ3v) is 8.97. The predicted octanol–water partition coefficient (Wildman–Crippen LogP) is 2.94. The van der Waals surface area contributed by atoms with Gasteiger partial charge in [-0.25, -0.2) is 9.78 Å². The maximum absolute atomic E-state index is 13.7. The highest BCUT2D eigenvalue weighted by molar-refractivity contribution is 7.18. The Labute approximate surface area is 246 Å². The van der Waals surface area contributed by atoms with Crippen molar-refractivity contribution in [2.45, 2.75) is 64.0 Å². The molecule has 1 aromatic carbocycles. The van der Waals surface area contributed by atoms with Crippen molar-refractivity contribution in [2.75, 3.05) is 46.4 Å². The zero-order chi connectivity index (χ0) is 29.4. The highest BCUT2D eigenvalue weighted by Crippen LogP contribution is 2.27. The minimum Gasteiger partial charge on any atom is -0.381 e. The largest absolute Gasteiger partial charge is 0.381 e. The van der Waals surface area contributed by atoms with E-state index in [1.165, 1.54) is 23.9 Å². The zero-order valence-electron chi connectivity index (χ0n) is 24.5. The molecule has 2 aliphatic rings. The van der Waals surface area contributed by atoms with Gasteiger partial charge < -0.3 is 26.0 Å². The summed E-state index contributed by atoms with van der Waals surface area (Å²) in [4.78, 5) is 45.8. The van der Waals surface area contributed by atoms with Gasteiger partial charge in [0.15, 0.2) is 0 Å². The number of nitrogens with one attached hydrogen (secondary N) is 4. The quantitative estimate of drug-likeness (QED) is 0.285. The van der Waals surface area contributed by atoms with Gasteiger partial charge in [0.1, 0.15) is 6.04 Å². The molecule has 10 nitrogen and oxygen atoms in total. The Balaban J connectivity index is 1.45. The lowest BCUT2D eigenvalue weighted by Crippen LogP contribution is -2.56. The summed E-state index contributed by atoms with van der Waals surface area (Å²) >= 11 is 1.54. The van der Waals surface area contributed by atoms with Crippen LogP contribution in [0.2, 0.25) is 0 Å². The van der Waals surface area contributed by atoms with E-state index in [4.69, 9.17) is 9.72 Å². The van der Waals surface area contributed by atoms with Crippen LogP contribution in [0.5, 0.6) is 0 Å². The molecule has 0 aliphatic carbocycles. The highest BCUT2D eigenvalue weighted by atomic mass is 32.1. The smallest absolute Gasteiger partial charge is 0.315 e. The molecule has 2 atom stereocenters. The van der Waals surface area contributed by atoms with Crippen LogP contribution in [0.3, 0.4) is 0 Å². The minimum atomic E-state index is -0.830. The maximum Gasteiger partial charge on any atom is 0.315 e. The molecule has 0 saturated carbocycles. The SMILES string of the molecule is C=C(CN1CCCC1)C(=O)NC[C@@H](NC(=O)[C@H](Cc1nc2ccc(C(C)C)cc2s1)NC(=O)NC)C1CCOCC1. The van der Waals surface area contributed by atoms with Crippen LogP contribution in [0.25, 0.3) is 10.2 Å². The molecule has 11 heteroatoms. The Morgan fingerprint density at radius 3 is 2.56 bits per heavy atom. The zero-order valence-corrected chi connectivity index (χ0v) is 25.3. The van der Waals surface area contributed by atoms with Gasteiger partial charge >= 0.3 is 6.03 Å². The van der Waals surface area contributed by atoms with Gasteiger partial charge in [0.25, 0.3) is 0 Å². The molecule has 4 rings (SSSR count). The minimum absolute atomic E-state index is 0.136. The molecule has 4 N–H and O–H groups in total. The molecule has 2 aliphatic heterocycles. The molecule has 1 aromatic heterocycles. The number of aromatic nitrogens is 1. The van der Waals surface area contributed by atoms with Crippen molar-refractivity contribution in [2.24, 2.45) is 5.92 Å². The number of likely N-dealkylation sites (tertiary alicyclic amines) is 1. The molecule has 224 valence electrons. The van der Waals surface area contributed by atoms with Crippen molar-refractivity contribution >= 4 is 39.4 Å². The van der Waals surface area contributed by atoms with Crippen LogP contribution < -0.4 is 21.3 Å². The van der Waals surface area contributed by atoms with Gasteiger partial charge in [-0.2, -0.15) is 0 Å². The molecule has 0 bridgehead atoms. The molecular formula is C30H44N6O4S. The Morgan fingerprint density at radius 2 is 1.88 bits per heavy atom. The monoisotopic (exact) mass is 584 g/mol. The average molecular weight is 585 g/mol. The fraction of sp³-hybridized carbons (Fsp3) is 0.600. The number of benzene rings is 1. The number of fused-ring (bicyclic) bond motifs is 1. The maximum atomic E-state index is 13.7. The van der Waals surface area contributed by atoms with Crippen LogP contribution in [-0.4, -0.2) is 86.3 Å². The van der Waals surface area contributed by atoms with Crippen molar-refractivity contribution in [1.29, 1.82) is 0 Å². The molecule has 2 saturated heterocycles. The lowest BCUT2D eigenvalue weighted by Gasteiger charge is -2.32. The standard InChI is InChI=1S/C30H44N6O4S/c1-19(2)22-7-8-23-26(15-22)41-27(33-23)16-24(35-30(39)31-4)29(38)34-25(21-9-13-40-14-10-21)17-32-28(37)20(3)18-36-11-5-6-12-36/h7-8,15,19,21,24-25H,3,5-6,9-14,16-18H2,1-2,4H3,(H,32,37)(H,34,38)(H2,31,35,39)/t24-,25+/m0/s1. The molecule has 0 spiro atoms. The molecule has 0 radical (unpaired) electrons. The van der Waals surface area contributed by atoms with E-state index in [2.05, 4.69) is 58.7 Å². The van der Waals surface area contributed by atoms with Crippen molar-refractivity contribution in [3.05, 3.63) is 40.9 Å². The first-order valence-corrected chi connectivity index (χ1v) is 15.5. The van der Waals surface area contributed by atoms with Gasteiger partial charge in [-0.05, 0) is 68.3 Å². The Kier molecular flexibility index (Phi) is 11.1. The summed E-state index contributed by atoms with van der Waals surface area (Å²) in [6.45, 7) is 12.3. The first kappa shape index (κ1) is 30.9.